The first-order valence-corrected chi connectivity index (χ1v) is 6.21. The van der Waals surface area contributed by atoms with Gasteiger partial charge in [-0.1, -0.05) is 12.1 Å². The monoisotopic (exact) mass is 219 g/mol. The van der Waals surface area contributed by atoms with E-state index in [-0.39, 0.29) is 0 Å². The number of nitrogens with one attached hydrogen (secondary N) is 1. The van der Waals surface area contributed by atoms with E-state index in [2.05, 4.69) is 37.4 Å². The molecule has 0 amide bonds. The minimum Gasteiger partial charge on any atom is -0.489 e. The molecule has 0 saturated carbocycles. The molecule has 1 atom stereocenters. The molecule has 1 fully saturated rings. The largest absolute Gasteiger partial charge is 0.489 e. The second-order valence-corrected chi connectivity index (χ2v) is 4.64. The number of hydrogen-bond acceptors (Lipinski definition) is 2. The Bertz CT molecular complexity index is 341. The summed E-state index contributed by atoms with van der Waals surface area (Å²) >= 11 is 0. The van der Waals surface area contributed by atoms with Gasteiger partial charge in [0.2, 0.25) is 0 Å². The fourth-order valence-electron chi connectivity index (χ4n) is 2.12. The molecule has 0 radical (unpaired) electrons. The van der Waals surface area contributed by atoms with E-state index in [9.17, 15) is 0 Å². The van der Waals surface area contributed by atoms with Gasteiger partial charge in [0.25, 0.3) is 0 Å². The molecule has 1 N–H and O–H groups in total. The van der Waals surface area contributed by atoms with Crippen molar-refractivity contribution in [1.82, 2.24) is 5.32 Å². The molecule has 0 aromatic heterocycles. The second-order valence-electron chi connectivity index (χ2n) is 4.64. The number of rotatable bonds is 2. The van der Waals surface area contributed by atoms with Crippen molar-refractivity contribution in [3.63, 3.8) is 0 Å². The van der Waals surface area contributed by atoms with Crippen molar-refractivity contribution in [1.29, 1.82) is 0 Å². The summed E-state index contributed by atoms with van der Waals surface area (Å²) < 4.78 is 6.08. The maximum Gasteiger partial charge on any atom is 0.122 e. The molecular formula is C14H21NO. The van der Waals surface area contributed by atoms with Crippen LogP contribution in [0.15, 0.2) is 18.2 Å². The van der Waals surface area contributed by atoms with Crippen LogP contribution >= 0.6 is 0 Å². The van der Waals surface area contributed by atoms with Crippen molar-refractivity contribution in [2.45, 2.75) is 39.2 Å². The Labute approximate surface area is 98.0 Å². The molecule has 1 saturated heterocycles. The Balaban J connectivity index is 2.04. The molecular weight excluding hydrogens is 198 g/mol. The Kier molecular flexibility index (Phi) is 3.83. The third kappa shape index (κ3) is 2.76. The Hall–Kier alpha value is -1.02. The second kappa shape index (κ2) is 5.35. The Morgan fingerprint density at radius 3 is 3.00 bits per heavy atom. The van der Waals surface area contributed by atoms with Gasteiger partial charge in [0.15, 0.2) is 0 Å². The number of benzene rings is 1. The van der Waals surface area contributed by atoms with Crippen molar-refractivity contribution in [2.24, 2.45) is 0 Å². The van der Waals surface area contributed by atoms with Gasteiger partial charge >= 0.3 is 0 Å². The molecule has 16 heavy (non-hydrogen) atoms. The maximum atomic E-state index is 6.08. The zero-order valence-corrected chi connectivity index (χ0v) is 10.3. The first-order valence-electron chi connectivity index (χ1n) is 6.21. The number of ether oxygens (including phenoxy) is 1. The quantitative estimate of drug-likeness (QED) is 0.826. The average molecular weight is 219 g/mol. The van der Waals surface area contributed by atoms with E-state index >= 15 is 0 Å². The maximum absolute atomic E-state index is 6.08. The summed E-state index contributed by atoms with van der Waals surface area (Å²) in [6.45, 7) is 6.38. The smallest absolute Gasteiger partial charge is 0.122 e. The van der Waals surface area contributed by atoms with Crippen LogP contribution in [0.2, 0.25) is 0 Å². The lowest BCUT2D eigenvalue weighted by Crippen LogP contribution is -2.29. The predicted molar refractivity (Wildman–Crippen MR) is 67.1 cm³/mol. The normalized spacial score (nSPS) is 21.5. The van der Waals surface area contributed by atoms with Gasteiger partial charge in [-0.05, 0) is 56.8 Å². The molecule has 2 nitrogen and oxygen atoms in total. The van der Waals surface area contributed by atoms with Crippen LogP contribution in [-0.2, 0) is 0 Å². The minimum absolute atomic E-state index is 0.336. The highest BCUT2D eigenvalue weighted by Crippen LogP contribution is 2.23. The van der Waals surface area contributed by atoms with Crippen LogP contribution in [0.5, 0.6) is 5.75 Å². The van der Waals surface area contributed by atoms with E-state index in [4.69, 9.17) is 4.74 Å². The van der Waals surface area contributed by atoms with Crippen LogP contribution < -0.4 is 10.1 Å². The van der Waals surface area contributed by atoms with Crippen molar-refractivity contribution in [3.05, 3.63) is 29.3 Å². The highest BCUT2D eigenvalue weighted by Gasteiger charge is 2.14. The summed E-state index contributed by atoms with van der Waals surface area (Å²) in [7, 11) is 0. The lowest BCUT2D eigenvalue weighted by Gasteiger charge is -2.19. The molecule has 0 bridgehead atoms. The highest BCUT2D eigenvalue weighted by molar-refractivity contribution is 5.38. The van der Waals surface area contributed by atoms with Crippen molar-refractivity contribution in [2.75, 3.05) is 13.1 Å². The summed E-state index contributed by atoms with van der Waals surface area (Å²) in [5, 5.41) is 3.43. The predicted octanol–water partition coefficient (Wildman–Crippen LogP) is 2.82. The van der Waals surface area contributed by atoms with Gasteiger partial charge in [-0.15, -0.1) is 0 Å². The zero-order valence-electron chi connectivity index (χ0n) is 10.3. The van der Waals surface area contributed by atoms with Gasteiger partial charge in [0.1, 0.15) is 11.9 Å². The molecule has 0 aliphatic carbocycles. The van der Waals surface area contributed by atoms with Crippen LogP contribution in [0.25, 0.3) is 0 Å². The third-order valence-corrected chi connectivity index (χ3v) is 3.35. The minimum atomic E-state index is 0.336. The van der Waals surface area contributed by atoms with Crippen LogP contribution in [0.1, 0.15) is 30.4 Å². The van der Waals surface area contributed by atoms with Crippen LogP contribution in [-0.4, -0.2) is 19.2 Å². The van der Waals surface area contributed by atoms with E-state index < -0.39 is 0 Å². The Morgan fingerprint density at radius 2 is 2.12 bits per heavy atom. The highest BCUT2D eigenvalue weighted by atomic mass is 16.5. The first kappa shape index (κ1) is 11.5. The van der Waals surface area contributed by atoms with Crippen LogP contribution in [0, 0.1) is 13.8 Å². The summed E-state index contributed by atoms with van der Waals surface area (Å²) in [5.74, 6) is 1.05. The summed E-state index contributed by atoms with van der Waals surface area (Å²) in [6.07, 6.45) is 4.04. The fraction of sp³-hybridized carbons (Fsp3) is 0.571. The molecule has 2 heteroatoms. The average Bonchev–Trinajstić information content (AvgIpc) is 2.53. The van der Waals surface area contributed by atoms with Crippen LogP contribution in [0.3, 0.4) is 0 Å². The molecule has 88 valence electrons. The summed E-state index contributed by atoms with van der Waals surface area (Å²) in [4.78, 5) is 0. The van der Waals surface area contributed by atoms with Crippen LogP contribution in [0.4, 0.5) is 0 Å². The lowest BCUT2D eigenvalue weighted by atomic mass is 10.1. The van der Waals surface area contributed by atoms with Gasteiger partial charge in [-0.3, -0.25) is 0 Å². The SMILES string of the molecule is Cc1cccc(OC2CCCCNC2)c1C. The number of aryl methyl sites for hydroxylation is 1. The number of hydrogen-bond donors (Lipinski definition) is 1. The standard InChI is InChI=1S/C14H21NO/c1-11-6-5-8-14(12(11)2)16-13-7-3-4-9-15-10-13/h5-6,8,13,15H,3-4,7,9-10H2,1-2H3. The van der Waals surface area contributed by atoms with Gasteiger partial charge in [-0.25, -0.2) is 0 Å². The van der Waals surface area contributed by atoms with E-state index in [0.29, 0.717) is 6.10 Å². The van der Waals surface area contributed by atoms with E-state index in [1.807, 2.05) is 0 Å². The van der Waals surface area contributed by atoms with E-state index in [0.717, 1.165) is 18.8 Å². The van der Waals surface area contributed by atoms with Crippen molar-refractivity contribution >= 4 is 0 Å². The fourth-order valence-corrected chi connectivity index (χ4v) is 2.12. The molecule has 1 aliphatic heterocycles. The van der Waals surface area contributed by atoms with Gasteiger partial charge < -0.3 is 10.1 Å². The topological polar surface area (TPSA) is 21.3 Å². The van der Waals surface area contributed by atoms with Gasteiger partial charge in [0, 0.05) is 6.54 Å². The zero-order chi connectivity index (χ0) is 11.4. The molecule has 2 rings (SSSR count). The molecule has 1 aliphatic rings. The molecule has 1 aromatic rings. The summed E-state index contributed by atoms with van der Waals surface area (Å²) in [5.41, 5.74) is 2.57. The first-order chi connectivity index (χ1) is 7.77. The molecule has 1 unspecified atom stereocenters. The molecule has 0 spiro atoms. The van der Waals surface area contributed by atoms with Crippen molar-refractivity contribution < 1.29 is 4.74 Å². The lowest BCUT2D eigenvalue weighted by molar-refractivity contribution is 0.193. The van der Waals surface area contributed by atoms with Crippen molar-refractivity contribution in [3.8, 4) is 5.75 Å². The summed E-state index contributed by atoms with van der Waals surface area (Å²) in [6, 6.07) is 6.28. The van der Waals surface area contributed by atoms with E-state index in [1.165, 1.54) is 30.4 Å². The molecule has 1 aromatic carbocycles. The van der Waals surface area contributed by atoms with Gasteiger partial charge in [-0.2, -0.15) is 0 Å². The van der Waals surface area contributed by atoms with Gasteiger partial charge in [0.05, 0.1) is 0 Å². The Morgan fingerprint density at radius 1 is 1.25 bits per heavy atom. The molecule has 1 heterocycles. The van der Waals surface area contributed by atoms with E-state index in [1.54, 1.807) is 0 Å². The third-order valence-electron chi connectivity index (χ3n) is 3.35.